The van der Waals surface area contributed by atoms with Gasteiger partial charge in [0.2, 0.25) is 0 Å². The molecule has 2 aliphatic heterocycles. The fourth-order valence-electron chi connectivity index (χ4n) is 7.10. The molecule has 3 aromatic rings. The average Bonchev–Trinajstić information content (AvgIpc) is 3.67. The van der Waals surface area contributed by atoms with Crippen molar-refractivity contribution in [1.29, 1.82) is 0 Å². The number of H-pyrrole nitrogens is 2. The Labute approximate surface area is 281 Å². The number of rotatable bonds is 8. The molecular weight excluding hydrogens is 614 g/mol. The second kappa shape index (κ2) is 15.6. The third-order valence-corrected chi connectivity index (χ3v) is 8.97. The molecule has 0 aromatic carbocycles. The number of nitrogens with zero attached hydrogens (tertiary/aromatic N) is 2. The molecule has 43 heavy (non-hydrogen) atoms. The van der Waals surface area contributed by atoms with Gasteiger partial charge in [0, 0.05) is 22.1 Å². The van der Waals surface area contributed by atoms with Crippen LogP contribution in [-0.2, 0) is 42.8 Å². The first kappa shape index (κ1) is 36.9. The van der Waals surface area contributed by atoms with Crippen LogP contribution in [0.3, 0.4) is 0 Å². The molecule has 0 spiro atoms. The number of nitrogens with one attached hydrogen (secondary N) is 2. The van der Waals surface area contributed by atoms with E-state index in [1.807, 2.05) is 0 Å². The van der Waals surface area contributed by atoms with Crippen LogP contribution in [0.5, 0.6) is 0 Å². The number of aromatic amines is 2. The second-order valence-electron chi connectivity index (χ2n) is 10.9. The topological polar surface area (TPSA) is 57.4 Å². The monoisotopic (exact) mass is 659 g/mol. The third kappa shape index (κ3) is 6.43. The van der Waals surface area contributed by atoms with Gasteiger partial charge in [-0.2, -0.15) is 0 Å². The van der Waals surface area contributed by atoms with E-state index in [1.165, 1.54) is 66.6 Å². The quantitative estimate of drug-likeness (QED) is 0.359. The van der Waals surface area contributed by atoms with Gasteiger partial charge in [0.15, 0.2) is 0 Å². The first-order valence-electron chi connectivity index (χ1n) is 15.7. The van der Waals surface area contributed by atoms with Crippen LogP contribution in [0.25, 0.3) is 44.4 Å². The molecule has 0 saturated heterocycles. The van der Waals surface area contributed by atoms with Crippen LogP contribution in [0.1, 0.15) is 126 Å². The molecule has 0 atom stereocenters. The largest absolute Gasteiger partial charge is 2.00 e. The Hall–Kier alpha value is -2.30. The zero-order valence-electron chi connectivity index (χ0n) is 27.0. The molecule has 4 nitrogen and oxygen atoms in total. The number of aryl methyl sites for hydroxylation is 4. The average molecular weight is 661 g/mol. The SMILES string of the molecule is CCC1=C(CC)c2cc3[nH]c(cc4[nH]c(cc5nc(cc1n2)C(CC)=C5CC)c(CC)c4CC)c(CC)c3CC.[Cl-].[Cl-].[Mn+2]. The molecule has 0 aliphatic carbocycles. The fourth-order valence-corrected chi connectivity index (χ4v) is 7.10. The second-order valence-corrected chi connectivity index (χ2v) is 10.9. The Kier molecular flexibility index (Phi) is 13.4. The summed E-state index contributed by atoms with van der Waals surface area (Å²) in [5, 5.41) is 0. The molecule has 8 bridgehead atoms. The van der Waals surface area contributed by atoms with Gasteiger partial charge >= 0.3 is 17.1 Å². The Morgan fingerprint density at radius 3 is 0.907 bits per heavy atom. The van der Waals surface area contributed by atoms with Crippen LogP contribution in [-0.4, -0.2) is 19.9 Å². The Balaban J connectivity index is 0.00000215. The van der Waals surface area contributed by atoms with E-state index >= 15 is 0 Å². The summed E-state index contributed by atoms with van der Waals surface area (Å²) in [4.78, 5) is 18.2. The van der Waals surface area contributed by atoms with Gasteiger partial charge in [-0.25, -0.2) is 9.97 Å². The summed E-state index contributed by atoms with van der Waals surface area (Å²) < 4.78 is 0. The van der Waals surface area contributed by atoms with Crippen LogP contribution >= 0.6 is 0 Å². The molecule has 3 aromatic heterocycles. The van der Waals surface area contributed by atoms with Gasteiger partial charge in [-0.05, 0) is 120 Å². The number of halogens is 2. The molecule has 7 heteroatoms. The molecule has 5 heterocycles. The zero-order chi connectivity index (χ0) is 28.6. The van der Waals surface area contributed by atoms with Gasteiger partial charge in [0.25, 0.3) is 0 Å². The van der Waals surface area contributed by atoms with Crippen molar-refractivity contribution in [2.75, 3.05) is 0 Å². The maximum Gasteiger partial charge on any atom is 2.00 e. The first-order valence-corrected chi connectivity index (χ1v) is 15.7. The minimum absolute atomic E-state index is 0. The van der Waals surface area contributed by atoms with Crippen LogP contribution < -0.4 is 24.8 Å². The Morgan fingerprint density at radius 1 is 0.395 bits per heavy atom. The van der Waals surface area contributed by atoms with Crippen molar-refractivity contribution >= 4 is 44.4 Å². The van der Waals surface area contributed by atoms with Crippen molar-refractivity contribution in [3.05, 3.63) is 69.3 Å². The van der Waals surface area contributed by atoms with Gasteiger partial charge in [-0.3, -0.25) is 0 Å². The number of aromatic nitrogens is 4. The van der Waals surface area contributed by atoms with Gasteiger partial charge in [0.1, 0.15) is 0 Å². The van der Waals surface area contributed by atoms with Crippen LogP contribution in [0.4, 0.5) is 0 Å². The van der Waals surface area contributed by atoms with E-state index < -0.39 is 0 Å². The molecule has 1 radical (unpaired) electrons. The van der Waals surface area contributed by atoms with Crippen LogP contribution in [0.15, 0.2) is 24.3 Å². The Bertz CT molecular complexity index is 1570. The first-order chi connectivity index (χ1) is 19.5. The summed E-state index contributed by atoms with van der Waals surface area (Å²) in [5.74, 6) is 0. The van der Waals surface area contributed by atoms with E-state index in [4.69, 9.17) is 9.97 Å². The minimum atomic E-state index is 0. The zero-order valence-corrected chi connectivity index (χ0v) is 29.7. The van der Waals surface area contributed by atoms with E-state index in [2.05, 4.69) is 89.6 Å². The summed E-state index contributed by atoms with van der Waals surface area (Å²) in [7, 11) is 0. The smallest absolute Gasteiger partial charge is 1.00 e. The number of hydrogen-bond donors (Lipinski definition) is 2. The third-order valence-electron chi connectivity index (χ3n) is 8.97. The maximum absolute atomic E-state index is 5.28. The number of fused-ring (bicyclic) bond motifs is 8. The summed E-state index contributed by atoms with van der Waals surface area (Å²) in [6.07, 6.45) is 7.84. The predicted molar refractivity (Wildman–Crippen MR) is 173 cm³/mol. The van der Waals surface area contributed by atoms with E-state index in [0.29, 0.717) is 0 Å². The summed E-state index contributed by atoms with van der Waals surface area (Å²) in [6, 6.07) is 9.24. The molecule has 0 saturated carbocycles. The van der Waals surface area contributed by atoms with Gasteiger partial charge in [-0.1, -0.05) is 55.4 Å². The normalized spacial score (nSPS) is 12.7. The van der Waals surface area contributed by atoms with Gasteiger partial charge in [0.05, 0.1) is 22.8 Å². The molecule has 2 N–H and O–H groups in total. The van der Waals surface area contributed by atoms with Crippen LogP contribution in [0, 0.1) is 0 Å². The molecular formula is C36H46Cl2MnN4. The van der Waals surface area contributed by atoms with Crippen molar-refractivity contribution < 1.29 is 41.9 Å². The molecule has 0 fully saturated rings. The Morgan fingerprint density at radius 2 is 0.651 bits per heavy atom. The summed E-state index contributed by atoms with van der Waals surface area (Å²) >= 11 is 0. The van der Waals surface area contributed by atoms with Crippen molar-refractivity contribution in [2.45, 2.75) is 107 Å². The van der Waals surface area contributed by atoms with Crippen molar-refractivity contribution in [3.8, 4) is 0 Å². The van der Waals surface area contributed by atoms with Gasteiger partial charge in [-0.15, -0.1) is 0 Å². The van der Waals surface area contributed by atoms with Crippen LogP contribution in [0.2, 0.25) is 0 Å². The minimum Gasteiger partial charge on any atom is -1.00 e. The maximum atomic E-state index is 5.28. The predicted octanol–water partition coefficient (Wildman–Crippen LogP) is 4.03. The van der Waals surface area contributed by atoms with E-state index in [0.717, 1.165) is 74.1 Å². The molecule has 231 valence electrons. The molecule has 5 rings (SSSR count). The van der Waals surface area contributed by atoms with E-state index in [9.17, 15) is 0 Å². The molecule has 0 unspecified atom stereocenters. The van der Waals surface area contributed by atoms with E-state index in [-0.39, 0.29) is 41.9 Å². The van der Waals surface area contributed by atoms with Crippen molar-refractivity contribution in [3.63, 3.8) is 0 Å². The number of hydrogen-bond acceptors (Lipinski definition) is 2. The molecule has 0 amide bonds. The summed E-state index contributed by atoms with van der Waals surface area (Å²) in [5.41, 5.74) is 20.2. The number of allylic oxidation sites excluding steroid dienone is 4. The van der Waals surface area contributed by atoms with E-state index in [1.54, 1.807) is 0 Å². The van der Waals surface area contributed by atoms with Crippen molar-refractivity contribution in [1.82, 2.24) is 19.9 Å². The fraction of sp³-hybridized carbons (Fsp3) is 0.444. The summed E-state index contributed by atoms with van der Waals surface area (Å²) in [6.45, 7) is 18.1. The standard InChI is InChI=1S/C36H46N4.2ClH.Mn/c1-9-21-22(10-2)30-18-32-25(13-5)26(14-6)34(39-32)20-36-28(16-8)27(15-7)35(40-36)19-33-24(12-4)23(11-3)31(38-33)17-29(21)37-30;;;/h17-20,37-38H,9-16H2,1-8H3;2*1H;/q;;;+2/p-2. The van der Waals surface area contributed by atoms with Crippen molar-refractivity contribution in [2.24, 2.45) is 0 Å². The molecule has 2 aliphatic rings. The van der Waals surface area contributed by atoms with Gasteiger partial charge < -0.3 is 34.8 Å².